The number of carbonyl (C=O) groups is 2. The Labute approximate surface area is 258 Å². The fourth-order valence-electron chi connectivity index (χ4n) is 5.39. The normalized spacial score (nSPS) is 14.5. The van der Waals surface area contributed by atoms with Crippen molar-refractivity contribution in [2.24, 2.45) is 0 Å². The summed E-state index contributed by atoms with van der Waals surface area (Å²) in [4.78, 5) is 29.0. The lowest BCUT2D eigenvalue weighted by Crippen LogP contribution is -2.54. The molecule has 1 aliphatic rings. The molecule has 0 radical (unpaired) electrons. The number of carbonyl (C=O) groups excluding carboxylic acids is 2. The third-order valence-electron chi connectivity index (χ3n) is 7.72. The van der Waals surface area contributed by atoms with Gasteiger partial charge in [0.1, 0.15) is 30.0 Å². The van der Waals surface area contributed by atoms with E-state index in [2.05, 4.69) is 5.32 Å². The number of nitrogens with zero attached hydrogens (tertiary/aromatic N) is 2. The van der Waals surface area contributed by atoms with Gasteiger partial charge in [0, 0.05) is 12.6 Å². The van der Waals surface area contributed by atoms with Crippen LogP contribution in [-0.4, -0.2) is 50.4 Å². The van der Waals surface area contributed by atoms with Crippen LogP contribution in [0.3, 0.4) is 0 Å². The van der Waals surface area contributed by atoms with Gasteiger partial charge in [0.2, 0.25) is 11.8 Å². The highest BCUT2D eigenvalue weighted by molar-refractivity contribution is 7.92. The second kappa shape index (κ2) is 15.1. The molecule has 3 aromatic rings. The molecule has 236 valence electrons. The molecule has 0 saturated heterocycles. The number of hydrogen-bond acceptors (Lipinski definition) is 5. The molecular weight excluding hydrogens is 588 g/mol. The molecule has 0 bridgehead atoms. The van der Waals surface area contributed by atoms with E-state index in [-0.39, 0.29) is 35.5 Å². The maximum absolute atomic E-state index is 14.2. The van der Waals surface area contributed by atoms with E-state index in [1.165, 1.54) is 65.6 Å². The second-order valence-corrected chi connectivity index (χ2v) is 12.7. The van der Waals surface area contributed by atoms with Gasteiger partial charge in [-0.25, -0.2) is 17.2 Å². The Morgan fingerprint density at radius 1 is 0.886 bits per heavy atom. The Morgan fingerprint density at radius 2 is 1.48 bits per heavy atom. The van der Waals surface area contributed by atoms with Crippen molar-refractivity contribution in [3.8, 4) is 5.75 Å². The lowest BCUT2D eigenvalue weighted by molar-refractivity contribution is -0.140. The van der Waals surface area contributed by atoms with Gasteiger partial charge in [0.05, 0.1) is 17.2 Å². The Morgan fingerprint density at radius 3 is 2.05 bits per heavy atom. The number of hydrogen-bond donors (Lipinski definition) is 1. The zero-order chi connectivity index (χ0) is 31.7. The average molecular weight is 628 g/mol. The van der Waals surface area contributed by atoms with E-state index in [0.717, 1.165) is 48.5 Å². The van der Waals surface area contributed by atoms with Crippen molar-refractivity contribution >= 4 is 27.5 Å². The van der Waals surface area contributed by atoms with Crippen LogP contribution in [0.2, 0.25) is 0 Å². The third kappa shape index (κ3) is 8.34. The maximum Gasteiger partial charge on any atom is 0.264 e. The predicted octanol–water partition coefficient (Wildman–Crippen LogP) is 5.82. The Balaban J connectivity index is 1.69. The molecule has 3 aromatic carbocycles. The van der Waals surface area contributed by atoms with Crippen molar-refractivity contribution in [1.82, 2.24) is 10.2 Å². The Bertz CT molecular complexity index is 1490. The van der Waals surface area contributed by atoms with Crippen molar-refractivity contribution in [3.05, 3.63) is 90.0 Å². The molecule has 11 heteroatoms. The Hall–Kier alpha value is -3.99. The van der Waals surface area contributed by atoms with Crippen LogP contribution in [0.25, 0.3) is 0 Å². The van der Waals surface area contributed by atoms with Crippen LogP contribution in [0, 0.1) is 11.6 Å². The van der Waals surface area contributed by atoms with E-state index >= 15 is 0 Å². The molecular formula is C33H39F2N3O5S. The summed E-state index contributed by atoms with van der Waals surface area (Å²) in [6.07, 6.45) is 5.11. The largest absolute Gasteiger partial charge is 0.494 e. The topological polar surface area (TPSA) is 96.0 Å². The molecule has 0 spiro atoms. The summed E-state index contributed by atoms with van der Waals surface area (Å²) < 4.78 is 61.8. The van der Waals surface area contributed by atoms with Gasteiger partial charge in [0.25, 0.3) is 10.0 Å². The SMILES string of the molecule is CCOc1ccc(S(=O)(=O)N(CC(=O)N(Cc2ccc(F)cc2)[C@@H](CC)C(=O)NC2CCCCC2)c2ccc(F)cc2)cc1. The molecule has 0 unspecified atom stereocenters. The summed E-state index contributed by atoms with van der Waals surface area (Å²) in [6, 6.07) is 15.3. The fourth-order valence-corrected chi connectivity index (χ4v) is 6.80. The molecule has 4 rings (SSSR count). The highest BCUT2D eigenvalue weighted by Gasteiger charge is 2.34. The van der Waals surface area contributed by atoms with Crippen LogP contribution in [-0.2, 0) is 26.2 Å². The minimum atomic E-state index is -4.32. The molecule has 1 atom stereocenters. The summed E-state index contributed by atoms with van der Waals surface area (Å²) in [5.41, 5.74) is 0.654. The number of ether oxygens (including phenoxy) is 1. The van der Waals surface area contributed by atoms with Crippen molar-refractivity contribution in [1.29, 1.82) is 0 Å². The highest BCUT2D eigenvalue weighted by Crippen LogP contribution is 2.27. The number of sulfonamides is 1. The summed E-state index contributed by atoms with van der Waals surface area (Å²) in [5, 5.41) is 3.08. The van der Waals surface area contributed by atoms with E-state index in [0.29, 0.717) is 17.9 Å². The number of anilines is 1. The zero-order valence-electron chi connectivity index (χ0n) is 25.0. The number of halogens is 2. The first-order valence-electron chi connectivity index (χ1n) is 15.0. The molecule has 2 amide bonds. The maximum atomic E-state index is 14.2. The van der Waals surface area contributed by atoms with E-state index in [1.54, 1.807) is 6.92 Å². The van der Waals surface area contributed by atoms with Crippen molar-refractivity contribution in [2.75, 3.05) is 17.5 Å². The number of nitrogens with one attached hydrogen (secondary N) is 1. The van der Waals surface area contributed by atoms with Crippen LogP contribution >= 0.6 is 0 Å². The first-order valence-corrected chi connectivity index (χ1v) is 16.4. The lowest BCUT2D eigenvalue weighted by Gasteiger charge is -2.34. The van der Waals surface area contributed by atoms with Crippen LogP contribution in [0.15, 0.2) is 77.7 Å². The van der Waals surface area contributed by atoms with Gasteiger partial charge < -0.3 is 15.0 Å². The van der Waals surface area contributed by atoms with Crippen molar-refractivity contribution in [3.63, 3.8) is 0 Å². The average Bonchev–Trinajstić information content (AvgIpc) is 3.02. The molecule has 1 fully saturated rings. The molecule has 8 nitrogen and oxygen atoms in total. The van der Waals surface area contributed by atoms with Crippen LogP contribution in [0.1, 0.15) is 57.9 Å². The molecule has 0 aliphatic heterocycles. The summed E-state index contributed by atoms with van der Waals surface area (Å²) in [5.74, 6) is -1.49. The van der Waals surface area contributed by atoms with E-state index in [1.807, 2.05) is 6.92 Å². The minimum Gasteiger partial charge on any atom is -0.494 e. The van der Waals surface area contributed by atoms with Gasteiger partial charge in [-0.15, -0.1) is 0 Å². The smallest absolute Gasteiger partial charge is 0.264 e. The summed E-state index contributed by atoms with van der Waals surface area (Å²) in [7, 11) is -4.32. The number of amides is 2. The number of benzene rings is 3. The standard InChI is InChI=1S/C33H39F2N3O5S/c1-3-31(33(40)36-27-8-6-5-7-9-27)37(22-24-10-12-25(34)13-11-24)32(39)23-38(28-16-14-26(35)15-17-28)44(41,42)30-20-18-29(19-21-30)43-4-2/h10-21,27,31H,3-9,22-23H2,1-2H3,(H,36,40)/t31-/m0/s1. The summed E-state index contributed by atoms with van der Waals surface area (Å²) >= 11 is 0. The molecule has 44 heavy (non-hydrogen) atoms. The quantitative estimate of drug-likeness (QED) is 0.258. The second-order valence-electron chi connectivity index (χ2n) is 10.8. The van der Waals surface area contributed by atoms with Gasteiger partial charge in [-0.3, -0.25) is 13.9 Å². The Kier molecular flexibility index (Phi) is 11.3. The van der Waals surface area contributed by atoms with E-state index < -0.39 is 40.2 Å². The highest BCUT2D eigenvalue weighted by atomic mass is 32.2. The fraction of sp³-hybridized carbons (Fsp3) is 0.394. The first-order chi connectivity index (χ1) is 21.1. The molecule has 1 aliphatic carbocycles. The van der Waals surface area contributed by atoms with Crippen LogP contribution in [0.4, 0.5) is 14.5 Å². The first kappa shape index (κ1) is 32.9. The number of rotatable bonds is 13. The molecule has 1 N–H and O–H groups in total. The molecule has 1 saturated carbocycles. The van der Waals surface area contributed by atoms with Crippen LogP contribution in [0.5, 0.6) is 5.75 Å². The lowest BCUT2D eigenvalue weighted by atomic mass is 9.95. The third-order valence-corrected chi connectivity index (χ3v) is 9.51. The van der Waals surface area contributed by atoms with E-state index in [4.69, 9.17) is 4.74 Å². The van der Waals surface area contributed by atoms with Crippen molar-refractivity contribution in [2.45, 2.75) is 75.9 Å². The monoisotopic (exact) mass is 627 g/mol. The van der Waals surface area contributed by atoms with Crippen LogP contribution < -0.4 is 14.4 Å². The molecule has 0 aromatic heterocycles. The van der Waals surface area contributed by atoms with Crippen molar-refractivity contribution < 1.29 is 31.5 Å². The zero-order valence-corrected chi connectivity index (χ0v) is 25.9. The summed E-state index contributed by atoms with van der Waals surface area (Å²) in [6.45, 7) is 3.29. The van der Waals surface area contributed by atoms with Gasteiger partial charge in [-0.05, 0) is 92.4 Å². The molecule has 0 heterocycles. The van der Waals surface area contributed by atoms with E-state index in [9.17, 15) is 26.8 Å². The van der Waals surface area contributed by atoms with Gasteiger partial charge >= 0.3 is 0 Å². The minimum absolute atomic E-state index is 0.00354. The van der Waals surface area contributed by atoms with Gasteiger partial charge in [-0.1, -0.05) is 38.3 Å². The van der Waals surface area contributed by atoms with Gasteiger partial charge in [-0.2, -0.15) is 0 Å². The van der Waals surface area contributed by atoms with Gasteiger partial charge in [0.15, 0.2) is 0 Å². The predicted molar refractivity (Wildman–Crippen MR) is 165 cm³/mol.